The second-order valence-corrected chi connectivity index (χ2v) is 7.83. The van der Waals surface area contributed by atoms with Crippen LogP contribution >= 0.6 is 0 Å². The van der Waals surface area contributed by atoms with Crippen molar-refractivity contribution in [3.8, 4) is 16.9 Å². The largest absolute Gasteiger partial charge is 0.491 e. The van der Waals surface area contributed by atoms with Crippen LogP contribution in [0.4, 0.5) is 5.69 Å². The third kappa shape index (κ3) is 7.14. The van der Waals surface area contributed by atoms with E-state index in [1.54, 1.807) is 6.08 Å². The summed E-state index contributed by atoms with van der Waals surface area (Å²) in [7, 11) is 0. The maximum absolute atomic E-state index is 11.1. The average molecular weight is 424 g/mol. The molecule has 0 saturated carbocycles. The lowest BCUT2D eigenvalue weighted by Crippen LogP contribution is -2.29. The number of carboxylic acid groups (broad SMARTS) is 1. The number of nitrogens with zero attached hydrogens (tertiary/aromatic N) is 1. The third-order valence-corrected chi connectivity index (χ3v) is 5.46. The number of hydrogen-bond donors (Lipinski definition) is 1. The molecule has 31 heavy (non-hydrogen) atoms. The quantitative estimate of drug-likeness (QED) is 0.374. The minimum Gasteiger partial charge on any atom is -0.491 e. The topological polar surface area (TPSA) is 59.0 Å². The predicted molar refractivity (Wildman–Crippen MR) is 126 cm³/mol. The number of anilines is 1. The molecule has 1 aliphatic heterocycles. The van der Waals surface area contributed by atoms with Gasteiger partial charge in [-0.2, -0.15) is 0 Å². The van der Waals surface area contributed by atoms with Crippen LogP contribution in [0.1, 0.15) is 44.6 Å². The van der Waals surface area contributed by atoms with Crippen molar-refractivity contribution in [3.63, 3.8) is 0 Å². The molecule has 2 aromatic carbocycles. The number of carbonyl (C=O) groups is 1. The van der Waals surface area contributed by atoms with Crippen LogP contribution in [0.2, 0.25) is 0 Å². The maximum Gasteiger partial charge on any atom is 0.328 e. The van der Waals surface area contributed by atoms with Crippen LogP contribution in [0, 0.1) is 0 Å². The lowest BCUT2D eigenvalue weighted by atomic mass is 9.99. The molecule has 0 amide bonds. The third-order valence-electron chi connectivity index (χ3n) is 5.46. The summed E-state index contributed by atoms with van der Waals surface area (Å²) in [6, 6.07) is 14.3. The van der Waals surface area contributed by atoms with Gasteiger partial charge in [0.25, 0.3) is 0 Å². The second kappa shape index (κ2) is 12.2. The van der Waals surface area contributed by atoms with Crippen LogP contribution < -0.4 is 9.64 Å². The molecule has 0 radical (unpaired) electrons. The molecule has 0 bridgehead atoms. The van der Waals surface area contributed by atoms with E-state index in [9.17, 15) is 4.79 Å². The van der Waals surface area contributed by atoms with Gasteiger partial charge in [-0.1, -0.05) is 31.5 Å². The van der Waals surface area contributed by atoms with Gasteiger partial charge in [-0.05, 0) is 72.7 Å². The van der Waals surface area contributed by atoms with Gasteiger partial charge < -0.3 is 19.5 Å². The van der Waals surface area contributed by atoms with Gasteiger partial charge in [-0.25, -0.2) is 4.79 Å². The summed E-state index contributed by atoms with van der Waals surface area (Å²) in [4.78, 5) is 13.4. The SMILES string of the molecule is CCCCOCCOc1ccc(-c2ccc(N3CCCCC3)c(/C=C/C(=O)O)c2)cc1. The van der Waals surface area contributed by atoms with Crippen molar-refractivity contribution in [2.24, 2.45) is 0 Å². The summed E-state index contributed by atoms with van der Waals surface area (Å²) in [5.41, 5.74) is 4.16. The lowest BCUT2D eigenvalue weighted by molar-refractivity contribution is -0.131. The summed E-state index contributed by atoms with van der Waals surface area (Å²) < 4.78 is 11.3. The number of benzene rings is 2. The first-order valence-electron chi connectivity index (χ1n) is 11.3. The molecule has 0 unspecified atom stereocenters. The Kier molecular flexibility index (Phi) is 8.98. The van der Waals surface area contributed by atoms with E-state index in [1.165, 1.54) is 25.3 Å². The number of rotatable bonds is 11. The number of aliphatic carboxylic acids is 1. The normalized spacial score (nSPS) is 14.2. The Hall–Kier alpha value is -2.79. The van der Waals surface area contributed by atoms with Gasteiger partial charge in [0.1, 0.15) is 12.4 Å². The second-order valence-electron chi connectivity index (χ2n) is 7.83. The van der Waals surface area contributed by atoms with E-state index in [0.717, 1.165) is 60.7 Å². The van der Waals surface area contributed by atoms with Crippen LogP contribution in [-0.2, 0) is 9.53 Å². The first-order chi connectivity index (χ1) is 15.2. The van der Waals surface area contributed by atoms with E-state index in [2.05, 4.69) is 30.0 Å². The summed E-state index contributed by atoms with van der Waals surface area (Å²) in [5, 5.41) is 9.10. The Morgan fingerprint density at radius 2 is 1.74 bits per heavy atom. The smallest absolute Gasteiger partial charge is 0.328 e. The first-order valence-corrected chi connectivity index (χ1v) is 11.3. The number of ether oxygens (including phenoxy) is 2. The minimum atomic E-state index is -0.935. The Balaban J connectivity index is 1.69. The molecule has 0 aliphatic carbocycles. The molecule has 5 nitrogen and oxygen atoms in total. The molecule has 0 atom stereocenters. The zero-order valence-electron chi connectivity index (χ0n) is 18.4. The molecule has 1 heterocycles. The van der Waals surface area contributed by atoms with Gasteiger partial charge in [-0.15, -0.1) is 0 Å². The molecule has 0 aromatic heterocycles. The highest BCUT2D eigenvalue weighted by Gasteiger charge is 2.14. The van der Waals surface area contributed by atoms with Crippen LogP contribution in [0.15, 0.2) is 48.5 Å². The molecule has 0 spiro atoms. The van der Waals surface area contributed by atoms with Gasteiger partial charge in [0.2, 0.25) is 0 Å². The van der Waals surface area contributed by atoms with Crippen molar-refractivity contribution in [2.45, 2.75) is 39.0 Å². The van der Waals surface area contributed by atoms with Crippen LogP contribution in [-0.4, -0.2) is 44.0 Å². The number of unbranched alkanes of at least 4 members (excludes halogenated alkanes) is 1. The molecule has 1 saturated heterocycles. The van der Waals surface area contributed by atoms with Crippen molar-refractivity contribution >= 4 is 17.7 Å². The number of hydrogen-bond acceptors (Lipinski definition) is 4. The zero-order valence-corrected chi connectivity index (χ0v) is 18.4. The minimum absolute atomic E-state index is 0.539. The van der Waals surface area contributed by atoms with E-state index in [4.69, 9.17) is 14.6 Å². The number of piperidine rings is 1. The van der Waals surface area contributed by atoms with E-state index < -0.39 is 5.97 Å². The fourth-order valence-corrected chi connectivity index (χ4v) is 3.76. The Morgan fingerprint density at radius 3 is 2.45 bits per heavy atom. The fourth-order valence-electron chi connectivity index (χ4n) is 3.76. The highest BCUT2D eigenvalue weighted by Crippen LogP contribution is 2.31. The van der Waals surface area contributed by atoms with Gasteiger partial charge in [0.05, 0.1) is 6.61 Å². The summed E-state index contributed by atoms with van der Waals surface area (Å²) in [6.07, 6.45) is 8.74. The Bertz CT molecular complexity index is 854. The standard InChI is InChI=1S/C26H33NO4/c1-2-3-17-30-18-19-31-24-11-7-21(8-12-24)22-9-13-25(27-15-5-4-6-16-27)23(20-22)10-14-26(28)29/h7-14,20H,2-6,15-19H2,1H3,(H,28,29)/b14-10+. The molecule has 166 valence electrons. The predicted octanol–water partition coefficient (Wildman–Crippen LogP) is 5.64. The van der Waals surface area contributed by atoms with E-state index in [0.29, 0.717) is 13.2 Å². The highest BCUT2D eigenvalue weighted by atomic mass is 16.5. The van der Waals surface area contributed by atoms with Gasteiger partial charge >= 0.3 is 5.97 Å². The molecule has 1 N–H and O–H groups in total. The summed E-state index contributed by atoms with van der Waals surface area (Å²) >= 11 is 0. The van der Waals surface area contributed by atoms with Gasteiger partial charge in [-0.3, -0.25) is 0 Å². The maximum atomic E-state index is 11.1. The average Bonchev–Trinajstić information content (AvgIpc) is 2.81. The Labute approximate surface area is 185 Å². The van der Waals surface area contributed by atoms with Crippen LogP contribution in [0.25, 0.3) is 17.2 Å². The number of carboxylic acids is 1. The molecular formula is C26H33NO4. The van der Waals surface area contributed by atoms with Crippen LogP contribution in [0.3, 0.4) is 0 Å². The molecule has 1 aliphatic rings. The molecule has 1 fully saturated rings. The first kappa shape index (κ1) is 22.9. The summed E-state index contributed by atoms with van der Waals surface area (Å²) in [6.45, 7) is 6.10. The van der Waals surface area contributed by atoms with Gasteiger partial charge in [0.15, 0.2) is 0 Å². The van der Waals surface area contributed by atoms with Crippen LogP contribution in [0.5, 0.6) is 5.75 Å². The van der Waals surface area contributed by atoms with Crippen molar-refractivity contribution in [2.75, 3.05) is 37.8 Å². The zero-order chi connectivity index (χ0) is 21.9. The molecule has 3 rings (SSSR count). The van der Waals surface area contributed by atoms with E-state index in [-0.39, 0.29) is 0 Å². The van der Waals surface area contributed by atoms with Crippen molar-refractivity contribution in [3.05, 3.63) is 54.1 Å². The van der Waals surface area contributed by atoms with E-state index in [1.807, 2.05) is 24.3 Å². The monoisotopic (exact) mass is 423 g/mol. The lowest BCUT2D eigenvalue weighted by Gasteiger charge is -2.30. The van der Waals surface area contributed by atoms with E-state index >= 15 is 0 Å². The molecular weight excluding hydrogens is 390 g/mol. The highest BCUT2D eigenvalue weighted by molar-refractivity contribution is 5.88. The van der Waals surface area contributed by atoms with Crippen molar-refractivity contribution in [1.82, 2.24) is 0 Å². The Morgan fingerprint density at radius 1 is 1.00 bits per heavy atom. The molecule has 5 heteroatoms. The molecule has 2 aromatic rings. The van der Waals surface area contributed by atoms with Crippen molar-refractivity contribution in [1.29, 1.82) is 0 Å². The summed E-state index contributed by atoms with van der Waals surface area (Å²) in [5.74, 6) is -0.117. The van der Waals surface area contributed by atoms with Crippen molar-refractivity contribution < 1.29 is 19.4 Å². The fraction of sp³-hybridized carbons (Fsp3) is 0.423. The van der Waals surface area contributed by atoms with Gasteiger partial charge in [0, 0.05) is 31.5 Å².